The fourth-order valence-corrected chi connectivity index (χ4v) is 2.88. The van der Waals surface area contributed by atoms with E-state index in [9.17, 15) is 0 Å². The van der Waals surface area contributed by atoms with Crippen LogP contribution in [0.3, 0.4) is 0 Å². The van der Waals surface area contributed by atoms with Crippen molar-refractivity contribution in [1.29, 1.82) is 0 Å². The van der Waals surface area contributed by atoms with Gasteiger partial charge in [0.1, 0.15) is 0 Å². The molecule has 0 amide bonds. The van der Waals surface area contributed by atoms with Crippen LogP contribution in [0.4, 0.5) is 5.95 Å². The highest BCUT2D eigenvalue weighted by Crippen LogP contribution is 2.37. The fourth-order valence-electron chi connectivity index (χ4n) is 2.88. The quantitative estimate of drug-likeness (QED) is 0.902. The van der Waals surface area contributed by atoms with Gasteiger partial charge in [0.2, 0.25) is 5.95 Å². The summed E-state index contributed by atoms with van der Waals surface area (Å²) in [5, 5.41) is 3.39. The smallest absolute Gasteiger partial charge is 0.225 e. The third-order valence-corrected chi connectivity index (χ3v) is 4.58. The Morgan fingerprint density at radius 2 is 1.81 bits per heavy atom. The van der Waals surface area contributed by atoms with E-state index in [2.05, 4.69) is 54.9 Å². The molecule has 4 heteroatoms. The first-order chi connectivity index (χ1) is 9.87. The Bertz CT molecular complexity index is 429. The third-order valence-electron chi connectivity index (χ3n) is 4.58. The van der Waals surface area contributed by atoms with E-state index in [1.165, 1.54) is 25.7 Å². The Balaban J connectivity index is 1.92. The monoisotopic (exact) mass is 290 g/mol. The predicted molar refractivity (Wildman–Crippen MR) is 88.4 cm³/mol. The summed E-state index contributed by atoms with van der Waals surface area (Å²) in [5.74, 6) is 0.855. The van der Waals surface area contributed by atoms with E-state index in [4.69, 9.17) is 0 Å². The van der Waals surface area contributed by atoms with Gasteiger partial charge in [0.05, 0.1) is 0 Å². The lowest BCUT2D eigenvalue weighted by molar-refractivity contribution is 0.222. The number of anilines is 1. The summed E-state index contributed by atoms with van der Waals surface area (Å²) < 4.78 is 0. The van der Waals surface area contributed by atoms with E-state index in [1.54, 1.807) is 0 Å². The van der Waals surface area contributed by atoms with E-state index >= 15 is 0 Å². The van der Waals surface area contributed by atoms with Gasteiger partial charge in [0.15, 0.2) is 0 Å². The van der Waals surface area contributed by atoms with Crippen LogP contribution >= 0.6 is 0 Å². The zero-order valence-electron chi connectivity index (χ0n) is 14.2. The highest BCUT2D eigenvalue weighted by atomic mass is 15.2. The third kappa shape index (κ3) is 4.67. The molecule has 1 aliphatic carbocycles. The summed E-state index contributed by atoms with van der Waals surface area (Å²) >= 11 is 0. The lowest BCUT2D eigenvalue weighted by Crippen LogP contribution is -2.38. The summed E-state index contributed by atoms with van der Waals surface area (Å²) in [6.45, 7) is 9.87. The minimum Gasteiger partial charge on any atom is -0.341 e. The molecular weight excluding hydrogens is 260 g/mol. The molecule has 0 radical (unpaired) electrons. The molecule has 1 fully saturated rings. The van der Waals surface area contributed by atoms with Crippen molar-refractivity contribution in [3.63, 3.8) is 0 Å². The zero-order chi connectivity index (χ0) is 15.5. The summed E-state index contributed by atoms with van der Waals surface area (Å²) in [5.41, 5.74) is 1.65. The van der Waals surface area contributed by atoms with Gasteiger partial charge in [-0.25, -0.2) is 9.97 Å². The van der Waals surface area contributed by atoms with E-state index < -0.39 is 0 Å². The molecule has 0 saturated heterocycles. The lowest BCUT2D eigenvalue weighted by atomic mass is 9.75. The van der Waals surface area contributed by atoms with Crippen LogP contribution in [-0.2, 0) is 6.54 Å². The topological polar surface area (TPSA) is 41.1 Å². The molecule has 0 atom stereocenters. The second-order valence-electron chi connectivity index (χ2n) is 7.43. The molecule has 0 aliphatic heterocycles. The van der Waals surface area contributed by atoms with Gasteiger partial charge in [0.25, 0.3) is 0 Å². The lowest BCUT2D eigenvalue weighted by Gasteiger charge is -2.38. The maximum Gasteiger partial charge on any atom is 0.225 e. The Morgan fingerprint density at radius 1 is 1.24 bits per heavy atom. The molecule has 2 rings (SSSR count). The van der Waals surface area contributed by atoms with Crippen molar-refractivity contribution in [1.82, 2.24) is 15.3 Å². The summed E-state index contributed by atoms with van der Waals surface area (Å²) in [7, 11) is 2.13. The summed E-state index contributed by atoms with van der Waals surface area (Å²) in [6.07, 6.45) is 8.95. The highest BCUT2D eigenvalue weighted by molar-refractivity contribution is 5.30. The van der Waals surface area contributed by atoms with Crippen molar-refractivity contribution in [2.45, 2.75) is 72.0 Å². The van der Waals surface area contributed by atoms with Crippen molar-refractivity contribution >= 4 is 5.95 Å². The van der Waals surface area contributed by atoms with Crippen LogP contribution in [0.25, 0.3) is 0 Å². The molecule has 118 valence electrons. The Labute approximate surface area is 129 Å². The Kier molecular flexibility index (Phi) is 5.20. The second kappa shape index (κ2) is 6.73. The maximum absolute atomic E-state index is 4.54. The van der Waals surface area contributed by atoms with Crippen molar-refractivity contribution < 1.29 is 0 Å². The van der Waals surface area contributed by atoms with Gasteiger partial charge in [-0.3, -0.25) is 0 Å². The van der Waals surface area contributed by atoms with Gasteiger partial charge in [-0.1, -0.05) is 27.7 Å². The van der Waals surface area contributed by atoms with Crippen molar-refractivity contribution in [3.8, 4) is 0 Å². The SMILES string of the molecule is CC(C)NCc1cnc(N(C)C2CCC(C)(C)CC2)nc1. The predicted octanol–water partition coefficient (Wildman–Crippen LogP) is 3.38. The van der Waals surface area contributed by atoms with Gasteiger partial charge in [0, 0.05) is 43.6 Å². The maximum atomic E-state index is 4.54. The first kappa shape index (κ1) is 16.2. The van der Waals surface area contributed by atoms with Gasteiger partial charge >= 0.3 is 0 Å². The van der Waals surface area contributed by atoms with Crippen LogP contribution in [0.1, 0.15) is 58.9 Å². The number of hydrogen-bond acceptors (Lipinski definition) is 4. The van der Waals surface area contributed by atoms with Crippen LogP contribution in [0, 0.1) is 5.41 Å². The largest absolute Gasteiger partial charge is 0.341 e. The average molecular weight is 290 g/mol. The minimum absolute atomic E-state index is 0.484. The standard InChI is InChI=1S/C17H30N4/c1-13(2)18-10-14-11-19-16(20-12-14)21(5)15-6-8-17(3,4)9-7-15/h11-13,15,18H,6-10H2,1-5H3. The van der Waals surface area contributed by atoms with Gasteiger partial charge in [-0.2, -0.15) is 0 Å². The number of nitrogens with one attached hydrogen (secondary N) is 1. The van der Waals surface area contributed by atoms with Gasteiger partial charge < -0.3 is 10.2 Å². The molecule has 4 nitrogen and oxygen atoms in total. The van der Waals surface area contributed by atoms with Crippen molar-refractivity contribution in [3.05, 3.63) is 18.0 Å². The number of aromatic nitrogens is 2. The molecule has 1 saturated carbocycles. The normalized spacial score (nSPS) is 19.0. The number of nitrogens with zero attached hydrogens (tertiary/aromatic N) is 3. The molecule has 1 aromatic rings. The van der Waals surface area contributed by atoms with Crippen molar-refractivity contribution in [2.75, 3.05) is 11.9 Å². The minimum atomic E-state index is 0.484. The van der Waals surface area contributed by atoms with Crippen LogP contribution in [0.15, 0.2) is 12.4 Å². The van der Waals surface area contributed by atoms with E-state index in [0.717, 1.165) is 18.1 Å². The fraction of sp³-hybridized carbons (Fsp3) is 0.765. The first-order valence-corrected chi connectivity index (χ1v) is 8.14. The van der Waals surface area contributed by atoms with Crippen LogP contribution in [0.5, 0.6) is 0 Å². The first-order valence-electron chi connectivity index (χ1n) is 8.14. The molecule has 1 N–H and O–H groups in total. The Hall–Kier alpha value is -1.16. The van der Waals surface area contributed by atoms with Crippen LogP contribution in [-0.4, -0.2) is 29.1 Å². The summed E-state index contributed by atoms with van der Waals surface area (Å²) in [6, 6.07) is 1.07. The number of hydrogen-bond donors (Lipinski definition) is 1. The van der Waals surface area contributed by atoms with Gasteiger partial charge in [-0.05, 0) is 31.1 Å². The second-order valence-corrected chi connectivity index (χ2v) is 7.43. The van der Waals surface area contributed by atoms with Gasteiger partial charge in [-0.15, -0.1) is 0 Å². The molecular formula is C17H30N4. The molecule has 0 unspecified atom stereocenters. The highest BCUT2D eigenvalue weighted by Gasteiger charge is 2.29. The van der Waals surface area contributed by atoms with E-state index in [-0.39, 0.29) is 0 Å². The number of rotatable bonds is 5. The van der Waals surface area contributed by atoms with Crippen LogP contribution in [0.2, 0.25) is 0 Å². The average Bonchev–Trinajstić information content (AvgIpc) is 2.45. The molecule has 1 heterocycles. The molecule has 0 spiro atoms. The van der Waals surface area contributed by atoms with Crippen LogP contribution < -0.4 is 10.2 Å². The molecule has 1 aromatic heterocycles. The molecule has 0 bridgehead atoms. The molecule has 1 aliphatic rings. The van der Waals surface area contributed by atoms with Crippen molar-refractivity contribution in [2.24, 2.45) is 5.41 Å². The molecule has 21 heavy (non-hydrogen) atoms. The molecule has 0 aromatic carbocycles. The summed E-state index contributed by atoms with van der Waals surface area (Å²) in [4.78, 5) is 11.3. The van der Waals surface area contributed by atoms with E-state index in [0.29, 0.717) is 17.5 Å². The Morgan fingerprint density at radius 3 is 2.33 bits per heavy atom. The van der Waals surface area contributed by atoms with E-state index in [1.807, 2.05) is 12.4 Å². The zero-order valence-corrected chi connectivity index (χ0v) is 14.2.